The molecular formula is C10H21O7P. The Morgan fingerprint density at radius 3 is 1.72 bits per heavy atom. The Bertz CT molecular complexity index is 318. The zero-order valence-corrected chi connectivity index (χ0v) is 11.4. The van der Waals surface area contributed by atoms with E-state index in [9.17, 15) is 29.9 Å². The van der Waals surface area contributed by atoms with Gasteiger partial charge in [-0.05, 0) is 0 Å². The Hall–Kier alpha value is -0.0100. The summed E-state index contributed by atoms with van der Waals surface area (Å²) in [4.78, 5) is 9.57. The first-order valence-electron chi connectivity index (χ1n) is 5.82. The maximum atomic E-state index is 11.7. The lowest BCUT2D eigenvalue weighted by atomic mass is 9.80. The van der Waals surface area contributed by atoms with E-state index in [1.807, 2.05) is 0 Å². The molecule has 0 aliphatic heterocycles. The van der Waals surface area contributed by atoms with Crippen LogP contribution in [0, 0.1) is 5.92 Å². The van der Waals surface area contributed by atoms with E-state index in [0.29, 0.717) is 0 Å². The van der Waals surface area contributed by atoms with Gasteiger partial charge in [-0.15, -0.1) is 0 Å². The predicted molar refractivity (Wildman–Crippen MR) is 63.0 cm³/mol. The average Bonchev–Trinajstić information content (AvgIpc) is 2.29. The van der Waals surface area contributed by atoms with Crippen molar-refractivity contribution in [3.63, 3.8) is 0 Å². The highest BCUT2D eigenvalue weighted by Crippen LogP contribution is 2.50. The van der Waals surface area contributed by atoms with Crippen molar-refractivity contribution < 1.29 is 34.4 Å². The number of aliphatic hydroxyl groups excluding tert-OH is 4. The van der Waals surface area contributed by atoms with Crippen LogP contribution in [0.4, 0.5) is 0 Å². The summed E-state index contributed by atoms with van der Waals surface area (Å²) in [5, 5.41) is 38.9. The molecule has 0 aromatic heterocycles. The molecule has 108 valence electrons. The lowest BCUT2D eigenvalue weighted by Gasteiger charge is -2.43. The van der Waals surface area contributed by atoms with E-state index in [2.05, 4.69) is 0 Å². The van der Waals surface area contributed by atoms with Crippen molar-refractivity contribution in [2.45, 2.75) is 57.0 Å². The van der Waals surface area contributed by atoms with Gasteiger partial charge in [-0.2, -0.15) is 0 Å². The van der Waals surface area contributed by atoms with Crippen LogP contribution >= 0.6 is 7.60 Å². The first kappa shape index (κ1) is 16.0. The van der Waals surface area contributed by atoms with Crippen molar-refractivity contribution in [2.24, 2.45) is 5.92 Å². The number of hydrogen-bond acceptors (Lipinski definition) is 6. The fraction of sp³-hybridized carbons (Fsp3) is 1.00. The third-order valence-corrected chi connectivity index (χ3v) is 5.23. The average molecular weight is 284 g/mol. The molecule has 0 spiro atoms. The van der Waals surface area contributed by atoms with Gasteiger partial charge in [-0.25, -0.2) is 0 Å². The number of hydrogen-bond donors (Lipinski definition) is 5. The molecule has 0 heterocycles. The van der Waals surface area contributed by atoms with Gasteiger partial charge >= 0.3 is 7.60 Å². The second kappa shape index (κ2) is 5.54. The molecule has 5 N–H and O–H groups in total. The Kier molecular flexibility index (Phi) is 4.94. The Labute approximate surface area is 106 Å². The summed E-state index contributed by atoms with van der Waals surface area (Å²) in [5.41, 5.74) is -0.717. The first-order valence-corrected chi connectivity index (χ1v) is 7.47. The van der Waals surface area contributed by atoms with Crippen LogP contribution < -0.4 is 0 Å². The minimum absolute atomic E-state index is 0.717. The standard InChI is InChI=1S/C10H21O7P/c1-4(2)18(15,16)17-10-8(13)6(11)5(3)7(12)9(10)14/h4-14H,1-3H3,(H,15,16)/t5?,6-,7?,8?,9?,10-/m1/s1. The SMILES string of the molecule is CC1C(O)C(O)[C@H](OP(=O)(O)C(C)C)C(O)[C@@H]1O. The van der Waals surface area contributed by atoms with Gasteiger partial charge in [0.15, 0.2) is 0 Å². The van der Waals surface area contributed by atoms with Gasteiger partial charge in [0.25, 0.3) is 0 Å². The third kappa shape index (κ3) is 2.93. The van der Waals surface area contributed by atoms with Crippen LogP contribution in [-0.2, 0) is 9.09 Å². The molecule has 7 nitrogen and oxygen atoms in total. The predicted octanol–water partition coefficient (Wildman–Crippen LogP) is -0.941. The minimum atomic E-state index is -4.02. The van der Waals surface area contributed by atoms with Crippen LogP contribution in [0.5, 0.6) is 0 Å². The second-order valence-corrected chi connectivity index (χ2v) is 7.42. The van der Waals surface area contributed by atoms with E-state index in [0.717, 1.165) is 0 Å². The molecule has 1 aliphatic rings. The van der Waals surface area contributed by atoms with Crippen LogP contribution in [-0.4, -0.2) is 61.5 Å². The van der Waals surface area contributed by atoms with Gasteiger partial charge in [-0.1, -0.05) is 20.8 Å². The molecule has 1 fully saturated rings. The lowest BCUT2D eigenvalue weighted by Crippen LogP contribution is -2.60. The van der Waals surface area contributed by atoms with Gasteiger partial charge in [0, 0.05) is 5.92 Å². The van der Waals surface area contributed by atoms with Crippen LogP contribution in [0.3, 0.4) is 0 Å². The lowest BCUT2D eigenvalue weighted by molar-refractivity contribution is -0.194. The maximum Gasteiger partial charge on any atom is 0.331 e. The molecule has 0 radical (unpaired) electrons. The van der Waals surface area contributed by atoms with E-state index in [4.69, 9.17) is 4.52 Å². The van der Waals surface area contributed by atoms with Crippen molar-refractivity contribution in [1.29, 1.82) is 0 Å². The molecule has 18 heavy (non-hydrogen) atoms. The summed E-state index contributed by atoms with van der Waals surface area (Å²) in [5.74, 6) is -0.757. The van der Waals surface area contributed by atoms with Crippen LogP contribution in [0.1, 0.15) is 20.8 Å². The molecule has 5 unspecified atom stereocenters. The third-order valence-electron chi connectivity index (χ3n) is 3.38. The number of aliphatic hydroxyl groups is 4. The van der Waals surface area contributed by atoms with Gasteiger partial charge in [0.2, 0.25) is 0 Å². The zero-order chi connectivity index (χ0) is 14.2. The van der Waals surface area contributed by atoms with Gasteiger partial charge < -0.3 is 25.3 Å². The highest BCUT2D eigenvalue weighted by Gasteiger charge is 2.50. The molecule has 7 atom stereocenters. The van der Waals surface area contributed by atoms with Crippen LogP contribution in [0.25, 0.3) is 0 Å². The smallest absolute Gasteiger partial charge is 0.331 e. The number of rotatable bonds is 3. The monoisotopic (exact) mass is 284 g/mol. The fourth-order valence-electron chi connectivity index (χ4n) is 1.84. The fourth-order valence-corrected chi connectivity index (χ4v) is 2.68. The Balaban J connectivity index is 2.90. The zero-order valence-electron chi connectivity index (χ0n) is 10.5. The van der Waals surface area contributed by atoms with Gasteiger partial charge in [0.05, 0.1) is 17.9 Å². The molecule has 0 amide bonds. The van der Waals surface area contributed by atoms with E-state index in [-0.39, 0.29) is 0 Å². The maximum absolute atomic E-state index is 11.7. The van der Waals surface area contributed by atoms with Crippen LogP contribution in [0.15, 0.2) is 0 Å². The van der Waals surface area contributed by atoms with Crippen molar-refractivity contribution in [2.75, 3.05) is 0 Å². The Morgan fingerprint density at radius 2 is 1.39 bits per heavy atom. The highest BCUT2D eigenvalue weighted by atomic mass is 31.2. The minimum Gasteiger partial charge on any atom is -0.390 e. The molecule has 0 aromatic carbocycles. The van der Waals surface area contributed by atoms with Crippen molar-refractivity contribution in [3.8, 4) is 0 Å². The second-order valence-electron chi connectivity index (χ2n) is 5.05. The molecular weight excluding hydrogens is 263 g/mol. The molecule has 1 aliphatic carbocycles. The topological polar surface area (TPSA) is 127 Å². The van der Waals surface area contributed by atoms with E-state index >= 15 is 0 Å². The van der Waals surface area contributed by atoms with Gasteiger partial charge in [0.1, 0.15) is 18.3 Å². The summed E-state index contributed by atoms with van der Waals surface area (Å²) >= 11 is 0. The van der Waals surface area contributed by atoms with Crippen molar-refractivity contribution >= 4 is 7.60 Å². The molecule has 0 saturated heterocycles. The molecule has 1 saturated carbocycles. The first-order chi connectivity index (χ1) is 8.09. The van der Waals surface area contributed by atoms with E-state index in [1.54, 1.807) is 0 Å². The molecule has 8 heteroatoms. The molecule has 0 bridgehead atoms. The van der Waals surface area contributed by atoms with E-state index < -0.39 is 49.7 Å². The van der Waals surface area contributed by atoms with Crippen molar-refractivity contribution in [1.82, 2.24) is 0 Å². The summed E-state index contributed by atoms with van der Waals surface area (Å²) in [6.45, 7) is 4.37. The van der Waals surface area contributed by atoms with Crippen LogP contribution in [0.2, 0.25) is 0 Å². The highest BCUT2D eigenvalue weighted by molar-refractivity contribution is 7.53. The Morgan fingerprint density at radius 1 is 1.00 bits per heavy atom. The summed E-state index contributed by atoms with van der Waals surface area (Å²) in [6.07, 6.45) is -7.22. The molecule has 0 aromatic rings. The normalized spacial score (nSPS) is 44.9. The van der Waals surface area contributed by atoms with Crippen molar-refractivity contribution in [3.05, 3.63) is 0 Å². The molecule has 1 rings (SSSR count). The summed E-state index contributed by atoms with van der Waals surface area (Å²) < 4.78 is 16.6. The van der Waals surface area contributed by atoms with Gasteiger partial charge in [-0.3, -0.25) is 9.09 Å². The largest absolute Gasteiger partial charge is 0.390 e. The summed E-state index contributed by atoms with van der Waals surface area (Å²) in [6, 6.07) is 0. The summed E-state index contributed by atoms with van der Waals surface area (Å²) in [7, 11) is -4.02. The van der Waals surface area contributed by atoms with E-state index in [1.165, 1.54) is 20.8 Å². The quantitative estimate of drug-likeness (QED) is 0.423.